The number of hydrogen-bond donors (Lipinski definition) is 2. The molecule has 2 aromatic heterocycles. The average molecular weight is 302 g/mol. The predicted octanol–water partition coefficient (Wildman–Crippen LogP) is 3.61. The number of nitrogens with one attached hydrogen (secondary N) is 2. The van der Waals surface area contributed by atoms with E-state index in [1.807, 2.05) is 36.4 Å². The lowest BCUT2D eigenvalue weighted by Crippen LogP contribution is -2.11. The standard InChI is InChI=1S/C16H15N3O.ClH/c20-16-12(10-5-2-1-3-6-10)9-13-14(11-7-4-8-11)18-19-15(13)17-16;/h1-3,5-6,9,11H,4,7-8H2,(H2,17,18,19,20);1H. The van der Waals surface area contributed by atoms with Crippen LogP contribution < -0.4 is 5.56 Å². The van der Waals surface area contributed by atoms with Gasteiger partial charge in [0, 0.05) is 22.6 Å². The molecule has 108 valence electrons. The molecule has 0 unspecified atom stereocenters. The fourth-order valence-corrected chi connectivity index (χ4v) is 2.83. The first-order chi connectivity index (χ1) is 9.83. The second-order valence-electron chi connectivity index (χ2n) is 5.41. The monoisotopic (exact) mass is 301 g/mol. The molecule has 1 aliphatic carbocycles. The zero-order chi connectivity index (χ0) is 13.5. The lowest BCUT2D eigenvalue weighted by Gasteiger charge is -2.24. The molecule has 2 heterocycles. The van der Waals surface area contributed by atoms with Crippen molar-refractivity contribution in [3.63, 3.8) is 0 Å². The summed E-state index contributed by atoms with van der Waals surface area (Å²) >= 11 is 0. The van der Waals surface area contributed by atoms with Gasteiger partial charge in [0.05, 0.1) is 0 Å². The van der Waals surface area contributed by atoms with E-state index < -0.39 is 0 Å². The molecule has 4 rings (SSSR count). The summed E-state index contributed by atoms with van der Waals surface area (Å²) in [5.41, 5.74) is 3.39. The lowest BCUT2D eigenvalue weighted by molar-refractivity contribution is 0.413. The van der Waals surface area contributed by atoms with E-state index in [0.717, 1.165) is 10.9 Å². The zero-order valence-electron chi connectivity index (χ0n) is 11.4. The molecule has 1 saturated carbocycles. The summed E-state index contributed by atoms with van der Waals surface area (Å²) in [5, 5.41) is 8.39. The number of halogens is 1. The summed E-state index contributed by atoms with van der Waals surface area (Å²) in [4.78, 5) is 15.1. The Bertz CT molecular complexity index is 818. The number of aromatic amines is 2. The summed E-state index contributed by atoms with van der Waals surface area (Å²) in [6.07, 6.45) is 3.69. The fourth-order valence-electron chi connectivity index (χ4n) is 2.83. The molecule has 0 atom stereocenters. The van der Waals surface area contributed by atoms with Crippen molar-refractivity contribution in [1.29, 1.82) is 0 Å². The van der Waals surface area contributed by atoms with Crippen LogP contribution in [-0.2, 0) is 0 Å². The van der Waals surface area contributed by atoms with Crippen molar-refractivity contribution in [2.75, 3.05) is 0 Å². The molecule has 1 aliphatic rings. The summed E-state index contributed by atoms with van der Waals surface area (Å²) in [6.45, 7) is 0. The predicted molar refractivity (Wildman–Crippen MR) is 86.0 cm³/mol. The Morgan fingerprint density at radius 1 is 1.14 bits per heavy atom. The second-order valence-corrected chi connectivity index (χ2v) is 5.41. The van der Waals surface area contributed by atoms with E-state index in [1.165, 1.54) is 25.0 Å². The maximum absolute atomic E-state index is 12.2. The molecule has 1 fully saturated rings. The van der Waals surface area contributed by atoms with Crippen molar-refractivity contribution < 1.29 is 0 Å². The van der Waals surface area contributed by atoms with Gasteiger partial charge in [0.25, 0.3) is 5.56 Å². The summed E-state index contributed by atoms with van der Waals surface area (Å²) in [7, 11) is 0. The topological polar surface area (TPSA) is 61.5 Å². The number of H-pyrrole nitrogens is 2. The molecule has 0 spiro atoms. The zero-order valence-corrected chi connectivity index (χ0v) is 12.2. The van der Waals surface area contributed by atoms with E-state index in [1.54, 1.807) is 0 Å². The first-order valence-electron chi connectivity index (χ1n) is 6.99. The number of pyridine rings is 1. The average Bonchev–Trinajstić information content (AvgIpc) is 2.80. The van der Waals surface area contributed by atoms with Crippen LogP contribution in [0, 0.1) is 0 Å². The van der Waals surface area contributed by atoms with Crippen molar-refractivity contribution in [2.45, 2.75) is 25.2 Å². The molecular formula is C16H16ClN3O. The van der Waals surface area contributed by atoms with Crippen LogP contribution in [0.5, 0.6) is 0 Å². The van der Waals surface area contributed by atoms with Gasteiger partial charge >= 0.3 is 0 Å². The highest BCUT2D eigenvalue weighted by Crippen LogP contribution is 2.38. The van der Waals surface area contributed by atoms with Crippen LogP contribution in [-0.4, -0.2) is 15.2 Å². The Hall–Kier alpha value is -2.07. The van der Waals surface area contributed by atoms with Gasteiger partial charge in [0.1, 0.15) is 0 Å². The largest absolute Gasteiger partial charge is 0.305 e. The molecule has 3 aromatic rings. The Kier molecular flexibility index (Phi) is 3.55. The summed E-state index contributed by atoms with van der Waals surface area (Å²) < 4.78 is 0. The van der Waals surface area contributed by atoms with Crippen molar-refractivity contribution in [2.24, 2.45) is 0 Å². The van der Waals surface area contributed by atoms with Gasteiger partial charge in [0.2, 0.25) is 0 Å². The minimum Gasteiger partial charge on any atom is -0.305 e. The molecule has 0 bridgehead atoms. The van der Waals surface area contributed by atoms with Crippen molar-refractivity contribution in [3.8, 4) is 11.1 Å². The molecule has 0 aliphatic heterocycles. The van der Waals surface area contributed by atoms with Gasteiger partial charge in [-0.25, -0.2) is 0 Å². The number of fused-ring (bicyclic) bond motifs is 1. The molecule has 1 aromatic carbocycles. The van der Waals surface area contributed by atoms with Gasteiger partial charge in [-0.3, -0.25) is 9.89 Å². The van der Waals surface area contributed by atoms with Crippen LogP contribution in [0.3, 0.4) is 0 Å². The van der Waals surface area contributed by atoms with Gasteiger partial charge in [-0.1, -0.05) is 36.8 Å². The van der Waals surface area contributed by atoms with Crippen LogP contribution in [0.4, 0.5) is 0 Å². The Labute approximate surface area is 128 Å². The van der Waals surface area contributed by atoms with Gasteiger partial charge in [-0.15, -0.1) is 12.4 Å². The molecule has 21 heavy (non-hydrogen) atoms. The molecular weight excluding hydrogens is 286 g/mol. The van der Waals surface area contributed by atoms with Crippen LogP contribution >= 0.6 is 12.4 Å². The van der Waals surface area contributed by atoms with Crippen LogP contribution in [0.15, 0.2) is 41.2 Å². The quantitative estimate of drug-likeness (QED) is 0.759. The van der Waals surface area contributed by atoms with E-state index in [2.05, 4.69) is 15.2 Å². The second kappa shape index (κ2) is 5.37. The van der Waals surface area contributed by atoms with Crippen molar-refractivity contribution in [3.05, 3.63) is 52.4 Å². The third kappa shape index (κ3) is 2.25. The Morgan fingerprint density at radius 3 is 2.57 bits per heavy atom. The number of hydrogen-bond acceptors (Lipinski definition) is 2. The highest BCUT2D eigenvalue weighted by molar-refractivity contribution is 5.85. The third-order valence-corrected chi connectivity index (χ3v) is 4.20. The minimum absolute atomic E-state index is 0. The Balaban J connectivity index is 0.00000132. The van der Waals surface area contributed by atoms with E-state index in [4.69, 9.17) is 0 Å². The maximum Gasteiger partial charge on any atom is 0.257 e. The Morgan fingerprint density at radius 2 is 1.90 bits per heavy atom. The van der Waals surface area contributed by atoms with Crippen molar-refractivity contribution in [1.82, 2.24) is 15.2 Å². The molecule has 0 radical (unpaired) electrons. The number of rotatable bonds is 2. The van der Waals surface area contributed by atoms with Crippen LogP contribution in [0.1, 0.15) is 30.9 Å². The fraction of sp³-hybridized carbons (Fsp3) is 0.250. The number of benzene rings is 1. The van der Waals surface area contributed by atoms with Gasteiger partial charge in [0.15, 0.2) is 5.65 Å². The molecule has 4 nitrogen and oxygen atoms in total. The number of aromatic nitrogens is 3. The third-order valence-electron chi connectivity index (χ3n) is 4.20. The highest BCUT2D eigenvalue weighted by Gasteiger charge is 2.24. The minimum atomic E-state index is -0.0876. The van der Waals surface area contributed by atoms with Gasteiger partial charge < -0.3 is 4.98 Å². The van der Waals surface area contributed by atoms with E-state index >= 15 is 0 Å². The molecule has 5 heteroatoms. The van der Waals surface area contributed by atoms with E-state index in [9.17, 15) is 4.79 Å². The van der Waals surface area contributed by atoms with Crippen molar-refractivity contribution >= 4 is 23.4 Å². The first-order valence-corrected chi connectivity index (χ1v) is 6.99. The first kappa shape index (κ1) is 13.9. The van der Waals surface area contributed by atoms with E-state index in [0.29, 0.717) is 17.1 Å². The summed E-state index contributed by atoms with van der Waals surface area (Å²) in [5.74, 6) is 0.564. The molecule has 0 saturated heterocycles. The normalized spacial score (nSPS) is 14.7. The van der Waals surface area contributed by atoms with Gasteiger partial charge in [-0.05, 0) is 24.5 Å². The number of nitrogens with zero attached hydrogens (tertiary/aromatic N) is 1. The lowest BCUT2D eigenvalue weighted by atomic mass is 9.82. The highest BCUT2D eigenvalue weighted by atomic mass is 35.5. The summed E-state index contributed by atoms with van der Waals surface area (Å²) in [6, 6.07) is 11.7. The smallest absolute Gasteiger partial charge is 0.257 e. The van der Waals surface area contributed by atoms with Crippen LogP contribution in [0.25, 0.3) is 22.2 Å². The SMILES string of the molecule is Cl.O=c1[nH]c2n[nH]c(C3CCC3)c2cc1-c1ccccc1. The van der Waals surface area contributed by atoms with E-state index in [-0.39, 0.29) is 18.0 Å². The van der Waals surface area contributed by atoms with Gasteiger partial charge in [-0.2, -0.15) is 5.10 Å². The molecule has 2 N–H and O–H groups in total. The maximum atomic E-state index is 12.2. The van der Waals surface area contributed by atoms with Crippen LogP contribution in [0.2, 0.25) is 0 Å². The molecule has 0 amide bonds.